The summed E-state index contributed by atoms with van der Waals surface area (Å²) in [6, 6.07) is 6.36. The first-order valence-corrected chi connectivity index (χ1v) is 14.9. The van der Waals surface area contributed by atoms with Gasteiger partial charge in [0.25, 0.3) is 5.91 Å². The first kappa shape index (κ1) is 38.5. The average Bonchev–Trinajstić information content (AvgIpc) is 3.21. The van der Waals surface area contributed by atoms with Crippen LogP contribution in [0.15, 0.2) is 24.3 Å². The first-order chi connectivity index (χ1) is 22.1. The Morgan fingerprint density at radius 2 is 1.19 bits per heavy atom. The summed E-state index contributed by atoms with van der Waals surface area (Å²) in [6.07, 6.45) is 1.02. The van der Waals surface area contributed by atoms with E-state index in [0.717, 1.165) is 20.9 Å². The molecular formula is C29H43N7O11. The van der Waals surface area contributed by atoms with Crippen molar-refractivity contribution in [3.63, 3.8) is 0 Å². The van der Waals surface area contributed by atoms with Crippen molar-refractivity contribution in [2.75, 3.05) is 58.9 Å². The van der Waals surface area contributed by atoms with Crippen LogP contribution in [-0.4, -0.2) is 153 Å². The monoisotopic (exact) mass is 665 g/mol. The summed E-state index contributed by atoms with van der Waals surface area (Å²) in [5.41, 5.74) is 9.96. The third-order valence-electron chi connectivity index (χ3n) is 7.26. The van der Waals surface area contributed by atoms with Gasteiger partial charge >= 0.3 is 23.9 Å². The van der Waals surface area contributed by atoms with E-state index in [9.17, 15) is 33.6 Å². The lowest BCUT2D eigenvalue weighted by Crippen LogP contribution is -2.48. The van der Waals surface area contributed by atoms with Gasteiger partial charge in [-0.2, -0.15) is 0 Å². The minimum atomic E-state index is -1.24. The summed E-state index contributed by atoms with van der Waals surface area (Å²) in [5.74, 6) is -6.02. The van der Waals surface area contributed by atoms with Crippen molar-refractivity contribution in [1.29, 1.82) is 0 Å². The Morgan fingerprint density at radius 1 is 0.745 bits per heavy atom. The number of carbonyl (C=O) groups is 7. The molecule has 18 nitrogen and oxygen atoms in total. The van der Waals surface area contributed by atoms with Crippen LogP contribution >= 0.6 is 0 Å². The van der Waals surface area contributed by atoms with Gasteiger partial charge in [-0.15, -0.1) is 0 Å². The van der Waals surface area contributed by atoms with E-state index in [1.807, 2.05) is 0 Å². The quantitative estimate of drug-likeness (QED) is 0.0673. The molecule has 0 aromatic heterocycles. The zero-order chi connectivity index (χ0) is 35.1. The zero-order valence-electron chi connectivity index (χ0n) is 26.2. The van der Waals surface area contributed by atoms with E-state index in [4.69, 9.17) is 26.2 Å². The van der Waals surface area contributed by atoms with Gasteiger partial charge in [-0.3, -0.25) is 53.7 Å². The predicted molar refractivity (Wildman–Crippen MR) is 164 cm³/mol. The van der Waals surface area contributed by atoms with Gasteiger partial charge in [-0.25, -0.2) is 5.01 Å². The fraction of sp³-hybridized carbons (Fsp3) is 0.552. The van der Waals surface area contributed by atoms with E-state index in [1.165, 1.54) is 5.01 Å². The molecular weight excluding hydrogens is 622 g/mol. The summed E-state index contributed by atoms with van der Waals surface area (Å²) < 4.78 is 0. The van der Waals surface area contributed by atoms with Crippen LogP contribution in [0.25, 0.3) is 0 Å². The number of carbonyl (C=O) groups excluding carboxylic acids is 3. The van der Waals surface area contributed by atoms with Crippen LogP contribution in [0.2, 0.25) is 0 Å². The molecule has 0 saturated carbocycles. The maximum absolute atomic E-state index is 12.8. The van der Waals surface area contributed by atoms with Crippen LogP contribution in [0.3, 0.4) is 0 Å². The number of nitrogens with two attached hydrogens (primary N) is 1. The van der Waals surface area contributed by atoms with E-state index in [0.29, 0.717) is 12.8 Å². The van der Waals surface area contributed by atoms with Gasteiger partial charge in [0, 0.05) is 39.1 Å². The van der Waals surface area contributed by atoms with Crippen LogP contribution < -0.4 is 16.5 Å². The van der Waals surface area contributed by atoms with Crippen molar-refractivity contribution < 1.29 is 54.0 Å². The van der Waals surface area contributed by atoms with E-state index < -0.39 is 62.0 Å². The van der Waals surface area contributed by atoms with E-state index >= 15 is 0 Å². The summed E-state index contributed by atoms with van der Waals surface area (Å²) in [7, 11) is 0. The molecule has 1 aromatic rings. The number of hydrogen-bond donors (Lipinski definition) is 7. The highest BCUT2D eigenvalue weighted by atomic mass is 16.4. The van der Waals surface area contributed by atoms with Crippen molar-refractivity contribution >= 4 is 41.6 Å². The summed E-state index contributed by atoms with van der Waals surface area (Å²) >= 11 is 0. The maximum atomic E-state index is 12.8. The Balaban J connectivity index is 1.93. The van der Waals surface area contributed by atoms with Crippen molar-refractivity contribution in [3.8, 4) is 0 Å². The normalized spacial score (nSPS) is 16.1. The van der Waals surface area contributed by atoms with Gasteiger partial charge in [-0.05, 0) is 30.9 Å². The Bertz CT molecular complexity index is 1210. The molecule has 1 saturated heterocycles. The second kappa shape index (κ2) is 19.1. The molecule has 47 heavy (non-hydrogen) atoms. The first-order valence-electron chi connectivity index (χ1n) is 14.9. The molecule has 1 fully saturated rings. The van der Waals surface area contributed by atoms with Gasteiger partial charge < -0.3 is 31.5 Å². The third kappa shape index (κ3) is 15.0. The summed E-state index contributed by atoms with van der Waals surface area (Å²) in [5, 5.41) is 40.5. The van der Waals surface area contributed by atoms with Gasteiger partial charge in [-0.1, -0.05) is 24.3 Å². The number of carboxylic acids is 4. The molecule has 18 heteroatoms. The SMILES string of the molecule is CC1C[C@@H](N)C(=O)N1NC(=O)CCc1ccc(CNC(=O)CN(CCN(CC(=O)O)CC(=O)O)CCN(CC(=O)O)CC(=O)O)cc1. The number of nitrogens with zero attached hydrogens (tertiary/aromatic N) is 4. The smallest absolute Gasteiger partial charge is 0.317 e. The molecule has 2 atom stereocenters. The minimum Gasteiger partial charge on any atom is -0.480 e. The number of rotatable bonds is 22. The molecule has 3 amide bonds. The molecule has 1 aliphatic rings. The van der Waals surface area contributed by atoms with E-state index in [-0.39, 0.29) is 63.5 Å². The molecule has 1 aliphatic heterocycles. The van der Waals surface area contributed by atoms with Crippen LogP contribution in [0.4, 0.5) is 0 Å². The predicted octanol–water partition coefficient (Wildman–Crippen LogP) is -2.54. The molecule has 0 bridgehead atoms. The number of carboxylic acid groups (broad SMARTS) is 4. The Hall–Kier alpha value is -4.65. The lowest BCUT2D eigenvalue weighted by molar-refractivity contribution is -0.143. The lowest BCUT2D eigenvalue weighted by atomic mass is 10.1. The summed E-state index contributed by atoms with van der Waals surface area (Å²) in [4.78, 5) is 85.8. The van der Waals surface area contributed by atoms with E-state index in [2.05, 4.69) is 10.7 Å². The number of hydrogen-bond acceptors (Lipinski definition) is 11. The van der Waals surface area contributed by atoms with Crippen molar-refractivity contribution in [2.45, 2.75) is 44.8 Å². The highest BCUT2D eigenvalue weighted by molar-refractivity contribution is 5.87. The molecule has 0 radical (unpaired) electrons. The molecule has 2 rings (SSSR count). The number of hydrazine groups is 1. The molecule has 1 heterocycles. The number of nitrogens with one attached hydrogen (secondary N) is 2. The highest BCUT2D eigenvalue weighted by Crippen LogP contribution is 2.15. The van der Waals surface area contributed by atoms with Crippen LogP contribution in [0, 0.1) is 0 Å². The summed E-state index contributed by atoms with van der Waals surface area (Å²) in [6.45, 7) is -0.456. The largest absolute Gasteiger partial charge is 0.480 e. The van der Waals surface area contributed by atoms with Crippen molar-refractivity contribution in [3.05, 3.63) is 35.4 Å². The number of amides is 3. The Morgan fingerprint density at radius 3 is 1.62 bits per heavy atom. The lowest BCUT2D eigenvalue weighted by Gasteiger charge is -2.28. The third-order valence-corrected chi connectivity index (χ3v) is 7.26. The Kier molecular flexibility index (Phi) is 15.7. The molecule has 260 valence electrons. The molecule has 0 aliphatic carbocycles. The number of aryl methyl sites for hydroxylation is 1. The molecule has 0 spiro atoms. The minimum absolute atomic E-state index is 0.0376. The molecule has 1 aromatic carbocycles. The maximum Gasteiger partial charge on any atom is 0.317 e. The number of aliphatic carboxylic acids is 4. The van der Waals surface area contributed by atoms with Gasteiger partial charge in [0.1, 0.15) is 0 Å². The van der Waals surface area contributed by atoms with Crippen molar-refractivity contribution in [2.24, 2.45) is 5.73 Å². The average molecular weight is 666 g/mol. The number of benzene rings is 1. The van der Waals surface area contributed by atoms with Gasteiger partial charge in [0.15, 0.2) is 0 Å². The van der Waals surface area contributed by atoms with Crippen LogP contribution in [0.5, 0.6) is 0 Å². The van der Waals surface area contributed by atoms with Gasteiger partial charge in [0.05, 0.1) is 44.8 Å². The van der Waals surface area contributed by atoms with Crippen molar-refractivity contribution in [1.82, 2.24) is 30.5 Å². The van der Waals surface area contributed by atoms with Crippen LogP contribution in [-0.2, 0) is 46.5 Å². The fourth-order valence-electron chi connectivity index (χ4n) is 4.90. The topological polar surface area (TPSA) is 263 Å². The second-order valence-corrected chi connectivity index (χ2v) is 11.3. The zero-order valence-corrected chi connectivity index (χ0v) is 26.2. The molecule has 1 unspecified atom stereocenters. The van der Waals surface area contributed by atoms with Crippen LogP contribution in [0.1, 0.15) is 30.9 Å². The fourth-order valence-corrected chi connectivity index (χ4v) is 4.90. The standard InChI is InChI=1S/C29H43N7O11/c1-19-12-22(30)29(47)36(19)32-23(37)7-6-20-2-4-21(5-3-20)13-31-24(38)14-33(8-10-34(15-25(39)40)16-26(41)42)9-11-35(17-27(43)44)18-28(45)46/h2-5,19,22H,6-18,30H2,1H3,(H,31,38)(H,32,37)(H,39,40)(H,41,42)(H,43,44)(H,45,46)/t19?,22-/m1/s1. The van der Waals surface area contributed by atoms with Gasteiger partial charge in [0.2, 0.25) is 11.8 Å². The Labute approximate surface area is 271 Å². The molecule has 8 N–H and O–H groups in total. The highest BCUT2D eigenvalue weighted by Gasteiger charge is 2.35. The second-order valence-electron chi connectivity index (χ2n) is 11.3. The van der Waals surface area contributed by atoms with E-state index in [1.54, 1.807) is 36.1 Å².